The highest BCUT2D eigenvalue weighted by Crippen LogP contribution is 2.30. The van der Waals surface area contributed by atoms with Gasteiger partial charge in [-0.2, -0.15) is 5.26 Å². The number of allylic oxidation sites excluding steroid dienone is 1. The van der Waals surface area contributed by atoms with Crippen molar-refractivity contribution < 1.29 is 28.3 Å². The zero-order chi connectivity index (χ0) is 34.6. The molecule has 2 heterocycles. The third kappa shape index (κ3) is 8.14. The molecule has 1 aliphatic rings. The molecule has 2 aromatic carbocycles. The molecular formula is C35H42F2N6O4. The average molecular weight is 649 g/mol. The van der Waals surface area contributed by atoms with E-state index in [9.17, 15) is 33.5 Å². The van der Waals surface area contributed by atoms with E-state index in [-0.39, 0.29) is 65.1 Å². The monoisotopic (exact) mass is 648 g/mol. The summed E-state index contributed by atoms with van der Waals surface area (Å²) in [5.74, 6) is -0.691. The van der Waals surface area contributed by atoms with Crippen LogP contribution in [-0.4, -0.2) is 61.0 Å². The van der Waals surface area contributed by atoms with Crippen molar-refractivity contribution >= 4 is 34.9 Å². The molecule has 4 rings (SSSR count). The Kier molecular flexibility index (Phi) is 10.7. The summed E-state index contributed by atoms with van der Waals surface area (Å²) in [6.07, 6.45) is -0.647. The molecule has 3 aromatic rings. The number of nitrogens with zero attached hydrogens (tertiary/aromatic N) is 5. The molecule has 0 bridgehead atoms. The Labute approximate surface area is 273 Å². The standard InChI is InChI=1S/C35H42F2N6O4/c1-21(2)16-26(18-38)32(45)41-15-7-8-27(41)20-43-29-14-9-23(19-42(34(46)47)22(3)35(4,5)6)17-28(29)39-33(43)40-31(44)25-12-10-24(11-13-25)30(36)37/h9-14,16-17,21-22,27,30H,7-8,15,19-20H2,1-6H3,(H,46,47)(H,39,40,44)/t22-,27?/m0/s1. The van der Waals surface area contributed by atoms with Crippen LogP contribution in [0.4, 0.5) is 19.5 Å². The summed E-state index contributed by atoms with van der Waals surface area (Å²) in [4.78, 5) is 46.7. The molecule has 47 heavy (non-hydrogen) atoms. The van der Waals surface area contributed by atoms with Gasteiger partial charge in [-0.3, -0.25) is 14.9 Å². The van der Waals surface area contributed by atoms with Gasteiger partial charge in [-0.05, 0) is 60.9 Å². The fourth-order valence-corrected chi connectivity index (χ4v) is 5.69. The number of likely N-dealkylation sites (tertiary alicyclic amines) is 1. The first-order valence-corrected chi connectivity index (χ1v) is 15.7. The summed E-state index contributed by atoms with van der Waals surface area (Å²) in [6, 6.07) is 11.9. The molecule has 0 radical (unpaired) electrons. The van der Waals surface area contributed by atoms with E-state index in [4.69, 9.17) is 4.98 Å². The van der Waals surface area contributed by atoms with Crippen LogP contribution in [0, 0.1) is 22.7 Å². The number of fused-ring (bicyclic) bond motifs is 1. The van der Waals surface area contributed by atoms with Gasteiger partial charge in [-0.1, -0.05) is 58.9 Å². The number of aromatic nitrogens is 2. The number of alkyl halides is 2. The first-order chi connectivity index (χ1) is 22.1. The van der Waals surface area contributed by atoms with Crippen LogP contribution in [-0.2, 0) is 17.9 Å². The van der Waals surface area contributed by atoms with Gasteiger partial charge in [-0.25, -0.2) is 18.6 Å². The van der Waals surface area contributed by atoms with Crippen LogP contribution in [0.25, 0.3) is 11.0 Å². The number of amides is 3. The number of benzene rings is 2. The van der Waals surface area contributed by atoms with Gasteiger partial charge in [0.15, 0.2) is 0 Å². The Bertz CT molecular complexity index is 1700. The highest BCUT2D eigenvalue weighted by atomic mass is 19.3. The van der Waals surface area contributed by atoms with E-state index in [1.165, 1.54) is 29.2 Å². The maximum Gasteiger partial charge on any atom is 0.407 e. The smallest absolute Gasteiger partial charge is 0.407 e. The second kappa shape index (κ2) is 14.3. The number of carbonyl (C=O) groups excluding carboxylic acids is 2. The Morgan fingerprint density at radius 3 is 2.40 bits per heavy atom. The topological polar surface area (TPSA) is 132 Å². The van der Waals surface area contributed by atoms with Crippen LogP contribution in [0.15, 0.2) is 54.1 Å². The van der Waals surface area contributed by atoms with Gasteiger partial charge in [0.25, 0.3) is 18.2 Å². The lowest BCUT2D eigenvalue weighted by atomic mass is 9.87. The molecule has 0 aliphatic carbocycles. The Morgan fingerprint density at radius 2 is 1.83 bits per heavy atom. The van der Waals surface area contributed by atoms with Gasteiger partial charge in [0.2, 0.25) is 5.95 Å². The molecule has 0 spiro atoms. The third-order valence-corrected chi connectivity index (χ3v) is 8.66. The molecule has 1 fully saturated rings. The van der Waals surface area contributed by atoms with Crippen molar-refractivity contribution in [2.24, 2.45) is 11.3 Å². The number of imidazole rings is 1. The number of anilines is 1. The zero-order valence-corrected chi connectivity index (χ0v) is 27.6. The van der Waals surface area contributed by atoms with Gasteiger partial charge in [-0.15, -0.1) is 0 Å². The minimum Gasteiger partial charge on any atom is -0.465 e. The summed E-state index contributed by atoms with van der Waals surface area (Å²) in [7, 11) is 0. The average Bonchev–Trinajstić information content (AvgIpc) is 3.61. The van der Waals surface area contributed by atoms with Gasteiger partial charge in [0.1, 0.15) is 11.6 Å². The lowest BCUT2D eigenvalue weighted by molar-refractivity contribution is -0.127. The van der Waals surface area contributed by atoms with E-state index in [1.54, 1.807) is 21.6 Å². The van der Waals surface area contributed by atoms with Crippen LogP contribution in [0.1, 0.15) is 82.3 Å². The Hall–Kier alpha value is -4.79. The number of hydrogen-bond acceptors (Lipinski definition) is 5. The van der Waals surface area contributed by atoms with Crippen molar-refractivity contribution in [2.45, 2.75) is 86.0 Å². The fraction of sp³-hybridized carbons (Fsp3) is 0.457. The molecule has 0 saturated carbocycles. The van der Waals surface area contributed by atoms with E-state index >= 15 is 0 Å². The van der Waals surface area contributed by atoms with Crippen molar-refractivity contribution in [3.05, 3.63) is 70.8 Å². The van der Waals surface area contributed by atoms with E-state index in [2.05, 4.69) is 5.32 Å². The van der Waals surface area contributed by atoms with Crippen LogP contribution in [0.3, 0.4) is 0 Å². The lowest BCUT2D eigenvalue weighted by Gasteiger charge is -2.36. The molecule has 12 heteroatoms. The van der Waals surface area contributed by atoms with E-state index in [0.717, 1.165) is 6.42 Å². The number of halogens is 2. The molecule has 2 N–H and O–H groups in total. The molecule has 1 aromatic heterocycles. The lowest BCUT2D eigenvalue weighted by Crippen LogP contribution is -2.44. The van der Waals surface area contributed by atoms with Gasteiger partial charge >= 0.3 is 6.09 Å². The second-order valence-electron chi connectivity index (χ2n) is 13.4. The molecule has 1 unspecified atom stereocenters. The first-order valence-electron chi connectivity index (χ1n) is 15.7. The minimum atomic E-state index is -2.66. The number of hydrogen-bond donors (Lipinski definition) is 2. The Balaban J connectivity index is 1.72. The van der Waals surface area contributed by atoms with E-state index in [1.807, 2.05) is 59.7 Å². The normalized spacial score (nSPS) is 16.1. The highest BCUT2D eigenvalue weighted by molar-refractivity contribution is 6.04. The molecule has 1 aliphatic heterocycles. The SMILES string of the molecule is CC(C)C=C(C#N)C(=O)N1CCCC1Cn1c(NC(=O)c2ccc(C(F)F)cc2)nc2cc(CN(C(=O)O)[C@@H](C)C(C)(C)C)ccc21. The maximum atomic E-state index is 13.4. The van der Waals surface area contributed by atoms with Gasteiger partial charge in [0, 0.05) is 36.8 Å². The van der Waals surface area contributed by atoms with Crippen LogP contribution < -0.4 is 5.32 Å². The van der Waals surface area contributed by atoms with Crippen LogP contribution in [0.2, 0.25) is 0 Å². The van der Waals surface area contributed by atoms with E-state index in [0.29, 0.717) is 29.6 Å². The number of nitriles is 1. The predicted octanol–water partition coefficient (Wildman–Crippen LogP) is 7.24. The molecule has 250 valence electrons. The summed E-state index contributed by atoms with van der Waals surface area (Å²) in [6.45, 7) is 12.5. The summed E-state index contributed by atoms with van der Waals surface area (Å²) in [5, 5.41) is 22.5. The molecular weight excluding hydrogens is 606 g/mol. The molecule has 2 atom stereocenters. The van der Waals surface area contributed by atoms with Crippen molar-refractivity contribution in [3.8, 4) is 6.07 Å². The largest absolute Gasteiger partial charge is 0.465 e. The highest BCUT2D eigenvalue weighted by Gasteiger charge is 2.33. The van der Waals surface area contributed by atoms with Gasteiger partial charge in [0.05, 0.1) is 17.1 Å². The predicted molar refractivity (Wildman–Crippen MR) is 175 cm³/mol. The number of carboxylic acid groups (broad SMARTS) is 1. The molecule has 10 nitrogen and oxygen atoms in total. The summed E-state index contributed by atoms with van der Waals surface area (Å²) >= 11 is 0. The zero-order valence-electron chi connectivity index (χ0n) is 27.6. The third-order valence-electron chi connectivity index (χ3n) is 8.66. The number of rotatable bonds is 10. The van der Waals surface area contributed by atoms with Crippen LogP contribution in [0.5, 0.6) is 0 Å². The molecule has 3 amide bonds. The number of carbonyl (C=O) groups is 3. The first kappa shape index (κ1) is 35.1. The maximum absolute atomic E-state index is 13.4. The summed E-state index contributed by atoms with van der Waals surface area (Å²) in [5.41, 5.74) is 1.61. The van der Waals surface area contributed by atoms with Gasteiger partial charge < -0.3 is 19.5 Å². The van der Waals surface area contributed by atoms with Crippen molar-refractivity contribution in [2.75, 3.05) is 11.9 Å². The van der Waals surface area contributed by atoms with Crippen molar-refractivity contribution in [1.29, 1.82) is 5.26 Å². The van der Waals surface area contributed by atoms with Crippen molar-refractivity contribution in [3.63, 3.8) is 0 Å². The second-order valence-corrected chi connectivity index (χ2v) is 13.4. The Morgan fingerprint density at radius 1 is 1.15 bits per heavy atom. The van der Waals surface area contributed by atoms with Crippen molar-refractivity contribution in [1.82, 2.24) is 19.4 Å². The summed E-state index contributed by atoms with van der Waals surface area (Å²) < 4.78 is 28.0. The minimum absolute atomic E-state index is 0.0152. The fourth-order valence-electron chi connectivity index (χ4n) is 5.69. The van der Waals surface area contributed by atoms with E-state index < -0.39 is 18.4 Å². The quantitative estimate of drug-likeness (QED) is 0.176. The number of nitrogens with one attached hydrogen (secondary N) is 1. The molecule has 1 saturated heterocycles. The van der Waals surface area contributed by atoms with Crippen LogP contribution >= 0.6 is 0 Å².